The van der Waals surface area contributed by atoms with Crippen LogP contribution in [0.2, 0.25) is 0 Å². The molecular formula is C19H19N3OS2. The first kappa shape index (κ1) is 16.4. The molecule has 128 valence electrons. The van der Waals surface area contributed by atoms with Crippen molar-refractivity contribution in [1.82, 2.24) is 14.5 Å². The summed E-state index contributed by atoms with van der Waals surface area (Å²) in [5.74, 6) is 0. The lowest BCUT2D eigenvalue weighted by atomic mass is 10.1. The van der Waals surface area contributed by atoms with E-state index in [1.54, 1.807) is 11.3 Å². The molecule has 0 fully saturated rings. The van der Waals surface area contributed by atoms with Crippen LogP contribution in [0.3, 0.4) is 0 Å². The van der Waals surface area contributed by atoms with E-state index in [1.165, 1.54) is 16.1 Å². The number of benzene rings is 1. The number of rotatable bonds is 4. The van der Waals surface area contributed by atoms with Gasteiger partial charge in [0, 0.05) is 43.2 Å². The van der Waals surface area contributed by atoms with Crippen molar-refractivity contribution in [2.75, 3.05) is 6.54 Å². The van der Waals surface area contributed by atoms with Crippen molar-refractivity contribution < 1.29 is 0 Å². The third-order valence-electron chi connectivity index (χ3n) is 4.60. The SMILES string of the molecule is C=CCn1c2c(sc3[nH]c(=S)c(=O)c1=3)CN(Cc1ccccc1)CC2. The molecule has 0 atom stereocenters. The molecule has 4 rings (SSSR count). The highest BCUT2D eigenvalue weighted by molar-refractivity contribution is 7.71. The number of aromatic nitrogens is 2. The maximum Gasteiger partial charge on any atom is 0.239 e. The molecule has 0 spiro atoms. The molecule has 0 saturated carbocycles. The summed E-state index contributed by atoms with van der Waals surface area (Å²) in [5.41, 5.74) is 2.50. The lowest BCUT2D eigenvalue weighted by Gasteiger charge is -2.30. The Labute approximate surface area is 154 Å². The maximum absolute atomic E-state index is 12.4. The fraction of sp³-hybridized carbons (Fsp3) is 0.263. The molecule has 25 heavy (non-hydrogen) atoms. The highest BCUT2D eigenvalue weighted by Crippen LogP contribution is 2.25. The Kier molecular flexibility index (Phi) is 4.41. The second-order valence-corrected chi connectivity index (χ2v) is 7.79. The second kappa shape index (κ2) is 6.71. The van der Waals surface area contributed by atoms with Crippen LogP contribution in [0.15, 0.2) is 47.8 Å². The van der Waals surface area contributed by atoms with E-state index in [0.717, 1.165) is 30.7 Å². The van der Waals surface area contributed by atoms with Crippen molar-refractivity contribution >= 4 is 23.6 Å². The molecule has 4 nitrogen and oxygen atoms in total. The van der Waals surface area contributed by atoms with Crippen molar-refractivity contribution in [2.24, 2.45) is 0 Å². The quantitative estimate of drug-likeness (QED) is 0.566. The van der Waals surface area contributed by atoms with Crippen LogP contribution in [0.4, 0.5) is 0 Å². The Bertz CT molecular complexity index is 1090. The van der Waals surface area contributed by atoms with Gasteiger partial charge in [-0.25, -0.2) is 0 Å². The van der Waals surface area contributed by atoms with Crippen molar-refractivity contribution in [1.29, 1.82) is 0 Å². The highest BCUT2D eigenvalue weighted by atomic mass is 32.1. The molecule has 0 saturated heterocycles. The van der Waals surface area contributed by atoms with E-state index >= 15 is 0 Å². The van der Waals surface area contributed by atoms with Gasteiger partial charge in [-0.3, -0.25) is 9.69 Å². The van der Waals surface area contributed by atoms with Gasteiger partial charge in [-0.15, -0.1) is 17.9 Å². The minimum absolute atomic E-state index is 0.0717. The van der Waals surface area contributed by atoms with E-state index < -0.39 is 0 Å². The average molecular weight is 370 g/mol. The Balaban J connectivity index is 1.77. The van der Waals surface area contributed by atoms with E-state index in [-0.39, 0.29) is 5.43 Å². The van der Waals surface area contributed by atoms with E-state index in [9.17, 15) is 4.79 Å². The summed E-state index contributed by atoms with van der Waals surface area (Å²) in [6, 6.07) is 10.5. The number of nitrogens with zero attached hydrogens (tertiary/aromatic N) is 2. The van der Waals surface area contributed by atoms with E-state index in [2.05, 4.69) is 45.3 Å². The van der Waals surface area contributed by atoms with Gasteiger partial charge in [0.2, 0.25) is 5.43 Å². The summed E-state index contributed by atoms with van der Waals surface area (Å²) in [5, 5.41) is 0.699. The number of H-pyrrole nitrogens is 1. The summed E-state index contributed by atoms with van der Waals surface area (Å²) >= 11 is 6.83. The van der Waals surface area contributed by atoms with Crippen LogP contribution in [0, 0.1) is 14.7 Å². The van der Waals surface area contributed by atoms with E-state index in [0.29, 0.717) is 16.5 Å². The zero-order valence-electron chi connectivity index (χ0n) is 13.8. The average Bonchev–Trinajstić information content (AvgIpc) is 2.89. The Morgan fingerprint density at radius 1 is 1.32 bits per heavy atom. The minimum atomic E-state index is -0.0717. The van der Waals surface area contributed by atoms with Crippen molar-refractivity contribution in [3.05, 3.63) is 84.0 Å². The summed E-state index contributed by atoms with van der Waals surface area (Å²) in [6.07, 6.45) is 2.77. The van der Waals surface area contributed by atoms with Gasteiger partial charge in [-0.05, 0) is 5.56 Å². The van der Waals surface area contributed by atoms with Crippen molar-refractivity contribution in [3.63, 3.8) is 0 Å². The molecule has 3 aliphatic rings. The van der Waals surface area contributed by atoms with Crippen LogP contribution in [-0.2, 0) is 26.1 Å². The fourth-order valence-corrected chi connectivity index (χ4v) is 5.01. The molecule has 3 heterocycles. The lowest BCUT2D eigenvalue weighted by Crippen LogP contribution is -2.32. The fourth-order valence-electron chi connectivity index (χ4n) is 3.47. The third-order valence-corrected chi connectivity index (χ3v) is 6.00. The molecule has 1 aromatic carbocycles. The van der Waals surface area contributed by atoms with Gasteiger partial charge in [0.25, 0.3) is 0 Å². The van der Waals surface area contributed by atoms with Gasteiger partial charge in [0.05, 0.1) is 0 Å². The van der Waals surface area contributed by atoms with Gasteiger partial charge in [-0.2, -0.15) is 0 Å². The summed E-state index contributed by atoms with van der Waals surface area (Å²) in [4.78, 5) is 19.3. The molecule has 1 aromatic rings. The molecule has 0 bridgehead atoms. The first-order chi connectivity index (χ1) is 12.2. The first-order valence-corrected chi connectivity index (χ1v) is 9.54. The zero-order valence-corrected chi connectivity index (χ0v) is 15.5. The summed E-state index contributed by atoms with van der Waals surface area (Å²) < 4.78 is 3.27. The zero-order chi connectivity index (χ0) is 17.4. The van der Waals surface area contributed by atoms with E-state index in [1.807, 2.05) is 12.1 Å². The number of fused-ring (bicyclic) bond motifs is 1. The molecule has 0 amide bonds. The first-order valence-electron chi connectivity index (χ1n) is 8.32. The van der Waals surface area contributed by atoms with Crippen LogP contribution in [-0.4, -0.2) is 21.0 Å². The molecule has 0 radical (unpaired) electrons. The van der Waals surface area contributed by atoms with Crippen molar-refractivity contribution in [3.8, 4) is 0 Å². The van der Waals surface area contributed by atoms with Gasteiger partial charge in [0.1, 0.15) is 10.0 Å². The van der Waals surface area contributed by atoms with Crippen LogP contribution in [0.5, 0.6) is 0 Å². The molecule has 0 unspecified atom stereocenters. The largest absolute Gasteiger partial charge is 0.334 e. The number of aromatic amines is 1. The molecule has 1 N–H and O–H groups in total. The third kappa shape index (κ3) is 3.01. The Morgan fingerprint density at radius 3 is 2.88 bits per heavy atom. The monoisotopic (exact) mass is 369 g/mol. The number of hydrogen-bond donors (Lipinski definition) is 1. The predicted octanol–water partition coefficient (Wildman–Crippen LogP) is 3.44. The van der Waals surface area contributed by atoms with Crippen molar-refractivity contribution in [2.45, 2.75) is 26.1 Å². The molecular weight excluding hydrogens is 350 g/mol. The molecule has 0 aromatic heterocycles. The topological polar surface area (TPSA) is 41.0 Å². The van der Waals surface area contributed by atoms with Gasteiger partial charge in [-0.1, -0.05) is 48.6 Å². The number of allylic oxidation sites excluding steroid dienone is 1. The maximum atomic E-state index is 12.4. The smallest absolute Gasteiger partial charge is 0.239 e. The Morgan fingerprint density at radius 2 is 2.12 bits per heavy atom. The molecule has 3 aliphatic heterocycles. The number of hydrogen-bond acceptors (Lipinski definition) is 4. The lowest BCUT2D eigenvalue weighted by molar-refractivity contribution is 0.244. The minimum Gasteiger partial charge on any atom is -0.334 e. The predicted molar refractivity (Wildman–Crippen MR) is 104 cm³/mol. The van der Waals surface area contributed by atoms with Crippen LogP contribution in [0.25, 0.3) is 0 Å². The summed E-state index contributed by atoms with van der Waals surface area (Å²) in [7, 11) is 0. The van der Waals surface area contributed by atoms with Gasteiger partial charge < -0.3 is 9.55 Å². The summed E-state index contributed by atoms with van der Waals surface area (Å²) in [6.45, 7) is 7.30. The normalized spacial score (nSPS) is 14.6. The van der Waals surface area contributed by atoms with Crippen LogP contribution in [0.1, 0.15) is 16.1 Å². The van der Waals surface area contributed by atoms with E-state index in [4.69, 9.17) is 12.2 Å². The standard InChI is InChI=1S/C19H19N3OS2/c1-2-9-22-14-8-10-21(11-13-6-4-3-5-7-13)12-15(14)25-19-16(22)17(23)18(24)20-19/h2-7H,1,8-12H2,(H,20,23,24). The van der Waals surface area contributed by atoms with Crippen LogP contribution < -0.4 is 5.43 Å². The second-order valence-electron chi connectivity index (χ2n) is 6.28. The van der Waals surface area contributed by atoms with Crippen LogP contribution >= 0.6 is 23.6 Å². The highest BCUT2D eigenvalue weighted by Gasteiger charge is 2.21. The molecule has 0 aliphatic carbocycles. The molecule has 6 heteroatoms. The van der Waals surface area contributed by atoms with Gasteiger partial charge in [0.15, 0.2) is 4.64 Å². The number of nitrogens with one attached hydrogen (secondary N) is 1. The Hall–Kier alpha value is -2.02. The van der Waals surface area contributed by atoms with Gasteiger partial charge >= 0.3 is 0 Å².